The van der Waals surface area contributed by atoms with Crippen molar-refractivity contribution >= 4 is 28.6 Å². The smallest absolute Gasteiger partial charge is 0.265 e. The van der Waals surface area contributed by atoms with Gasteiger partial charge in [-0.3, -0.25) is 19.3 Å². The molecule has 5 atom stereocenters. The van der Waals surface area contributed by atoms with Gasteiger partial charge in [0.25, 0.3) is 5.88 Å². The lowest BCUT2D eigenvalue weighted by Gasteiger charge is -2.45. The van der Waals surface area contributed by atoms with Gasteiger partial charge in [-0.05, 0) is 78.9 Å². The Kier molecular flexibility index (Phi) is 6.20. The number of benzene rings is 3. The lowest BCUT2D eigenvalue weighted by Crippen LogP contribution is -2.46. The fraction of sp³-hybridized carbons (Fsp3) is 0.351. The van der Waals surface area contributed by atoms with Gasteiger partial charge in [-0.1, -0.05) is 61.5 Å². The molecule has 8 heteroatoms. The molecule has 228 valence electrons. The Hall–Kier alpha value is -4.56. The molecule has 1 fully saturated rings. The highest BCUT2D eigenvalue weighted by molar-refractivity contribution is 6.19. The number of ether oxygens (including phenoxy) is 2. The summed E-state index contributed by atoms with van der Waals surface area (Å²) in [6.45, 7) is 4.24. The summed E-state index contributed by atoms with van der Waals surface area (Å²) in [6, 6.07) is 17.4. The maximum atomic E-state index is 14.7. The second-order valence-corrected chi connectivity index (χ2v) is 13.1. The van der Waals surface area contributed by atoms with E-state index in [1.54, 1.807) is 0 Å². The number of ketones is 2. The highest BCUT2D eigenvalue weighted by atomic mass is 16.5. The van der Waals surface area contributed by atoms with Crippen LogP contribution in [0.15, 0.2) is 70.3 Å². The number of aromatic nitrogens is 1. The molecule has 1 saturated carbocycles. The molecule has 1 heterocycles. The summed E-state index contributed by atoms with van der Waals surface area (Å²) in [5.41, 5.74) is 4.70. The molecule has 45 heavy (non-hydrogen) atoms. The normalized spacial score (nSPS) is 26.2. The van der Waals surface area contributed by atoms with Gasteiger partial charge in [-0.2, -0.15) is 0 Å². The molecule has 0 bridgehead atoms. The van der Waals surface area contributed by atoms with Gasteiger partial charge in [0, 0.05) is 22.1 Å². The van der Waals surface area contributed by atoms with Gasteiger partial charge in [0.05, 0.1) is 11.5 Å². The summed E-state index contributed by atoms with van der Waals surface area (Å²) in [5, 5.41) is 6.11. The number of Topliss-reactive ketones (excluding diaryl/α,β-unsaturated/α-hetero) is 2. The van der Waals surface area contributed by atoms with E-state index >= 15 is 0 Å². The molecule has 4 aromatic rings. The fourth-order valence-corrected chi connectivity index (χ4v) is 8.99. The monoisotopic (exact) mass is 602 g/mol. The van der Waals surface area contributed by atoms with E-state index in [1.807, 2.05) is 75.6 Å². The molecular formula is C37H34N2O6. The van der Waals surface area contributed by atoms with Crippen LogP contribution in [0.2, 0.25) is 0 Å². The Morgan fingerprint density at radius 1 is 1.02 bits per heavy atom. The Balaban J connectivity index is 1.27. The van der Waals surface area contributed by atoms with Crippen molar-refractivity contribution in [1.29, 1.82) is 0 Å². The number of carbonyl (C=O) groups excluding carboxylic acids is 3. The van der Waals surface area contributed by atoms with Crippen LogP contribution in [-0.4, -0.2) is 48.6 Å². The van der Waals surface area contributed by atoms with Crippen LogP contribution < -0.4 is 9.47 Å². The quantitative estimate of drug-likeness (QED) is 0.234. The van der Waals surface area contributed by atoms with E-state index < -0.39 is 5.41 Å². The van der Waals surface area contributed by atoms with E-state index in [0.29, 0.717) is 35.5 Å². The summed E-state index contributed by atoms with van der Waals surface area (Å²) in [5.74, 6) is 0.990. The number of allylic oxidation sites excluding steroid dienone is 2. The highest BCUT2D eigenvalue weighted by Crippen LogP contribution is 2.75. The molecule has 1 spiro atoms. The van der Waals surface area contributed by atoms with E-state index in [4.69, 9.17) is 14.0 Å². The summed E-state index contributed by atoms with van der Waals surface area (Å²) >= 11 is 0. The van der Waals surface area contributed by atoms with Gasteiger partial charge in [-0.25, -0.2) is 0 Å². The molecule has 4 aliphatic rings. The van der Waals surface area contributed by atoms with Crippen molar-refractivity contribution in [2.75, 3.05) is 20.7 Å². The largest absolute Gasteiger partial charge is 0.485 e. The van der Waals surface area contributed by atoms with E-state index in [9.17, 15) is 14.4 Å². The van der Waals surface area contributed by atoms with E-state index in [1.165, 1.54) is 0 Å². The molecule has 5 unspecified atom stereocenters. The number of aryl methyl sites for hydroxylation is 1. The zero-order valence-electron chi connectivity index (χ0n) is 25.8. The van der Waals surface area contributed by atoms with Gasteiger partial charge in [-0.15, -0.1) is 0 Å². The first kappa shape index (κ1) is 28.0. The molecule has 4 aliphatic carbocycles. The first-order valence-electron chi connectivity index (χ1n) is 15.6. The van der Waals surface area contributed by atoms with Crippen LogP contribution in [-0.2, 0) is 17.8 Å². The van der Waals surface area contributed by atoms with Gasteiger partial charge < -0.3 is 14.0 Å². The van der Waals surface area contributed by atoms with E-state index in [2.05, 4.69) is 17.0 Å². The van der Waals surface area contributed by atoms with Crippen molar-refractivity contribution in [3.63, 3.8) is 0 Å². The van der Waals surface area contributed by atoms with Crippen molar-refractivity contribution in [2.24, 2.45) is 23.2 Å². The summed E-state index contributed by atoms with van der Waals surface area (Å²) in [4.78, 5) is 42.9. The molecular weight excluding hydrogens is 568 g/mol. The van der Waals surface area contributed by atoms with Crippen LogP contribution in [0.3, 0.4) is 0 Å². The Labute approximate surface area is 261 Å². The molecule has 0 saturated heterocycles. The third kappa shape index (κ3) is 3.69. The topological polar surface area (TPSA) is 98.9 Å². The summed E-state index contributed by atoms with van der Waals surface area (Å²) < 4.78 is 18.1. The molecule has 1 aromatic heterocycles. The third-order valence-corrected chi connectivity index (χ3v) is 10.8. The molecule has 0 aliphatic heterocycles. The highest BCUT2D eigenvalue weighted by Gasteiger charge is 2.75. The van der Waals surface area contributed by atoms with Crippen LogP contribution >= 0.6 is 0 Å². The van der Waals surface area contributed by atoms with Crippen molar-refractivity contribution in [2.45, 2.75) is 39.3 Å². The average molecular weight is 603 g/mol. The third-order valence-electron chi connectivity index (χ3n) is 10.8. The van der Waals surface area contributed by atoms with Gasteiger partial charge in [0.1, 0.15) is 24.5 Å². The minimum absolute atomic E-state index is 0.0245. The van der Waals surface area contributed by atoms with Gasteiger partial charge >= 0.3 is 0 Å². The van der Waals surface area contributed by atoms with Crippen molar-refractivity contribution in [3.8, 4) is 11.6 Å². The molecule has 8 nitrogen and oxygen atoms in total. The molecule has 0 radical (unpaired) electrons. The first-order chi connectivity index (χ1) is 21.8. The van der Waals surface area contributed by atoms with Gasteiger partial charge in [0.2, 0.25) is 0 Å². The Morgan fingerprint density at radius 3 is 2.49 bits per heavy atom. The summed E-state index contributed by atoms with van der Waals surface area (Å²) in [7, 11) is 4.00. The molecule has 0 N–H and O–H groups in total. The predicted molar refractivity (Wildman–Crippen MR) is 167 cm³/mol. The average Bonchev–Trinajstić information content (AvgIpc) is 3.44. The summed E-state index contributed by atoms with van der Waals surface area (Å²) in [6.07, 6.45) is 1.98. The first-order valence-corrected chi connectivity index (χ1v) is 15.6. The number of nitrogens with zero attached hydrogens (tertiary/aromatic N) is 2. The lowest BCUT2D eigenvalue weighted by atomic mass is 9.60. The molecule has 3 aromatic carbocycles. The zero-order chi connectivity index (χ0) is 31.2. The number of carbonyl (C=O) groups is 3. The van der Waals surface area contributed by atoms with E-state index in [0.717, 1.165) is 44.9 Å². The Bertz CT molecular complexity index is 1960. The number of rotatable bonds is 7. The van der Waals surface area contributed by atoms with Crippen molar-refractivity contribution < 1.29 is 28.4 Å². The zero-order valence-corrected chi connectivity index (χ0v) is 25.8. The maximum absolute atomic E-state index is 14.7. The molecule has 8 rings (SSSR count). The van der Waals surface area contributed by atoms with Gasteiger partial charge in [0.15, 0.2) is 23.6 Å². The molecule has 0 amide bonds. The maximum Gasteiger partial charge on any atom is 0.265 e. The number of hydrogen-bond donors (Lipinski definition) is 0. The lowest BCUT2D eigenvalue weighted by molar-refractivity contribution is -0.109. The number of aldehydes is 1. The van der Waals surface area contributed by atoms with Crippen LogP contribution in [0, 0.1) is 30.1 Å². The van der Waals surface area contributed by atoms with Crippen molar-refractivity contribution in [3.05, 3.63) is 99.3 Å². The minimum Gasteiger partial charge on any atom is -0.485 e. The Morgan fingerprint density at radius 2 is 1.76 bits per heavy atom. The SMILES string of the molecule is Cc1c2c(c(OCC=O)c3ccccc13)CC1CC3C(N(C)C)c4onc(OCc5ccccc5)c4C(=O)C34C(=C1C2=O)C4C. The number of hydrogen-bond acceptors (Lipinski definition) is 8. The van der Waals surface area contributed by atoms with Crippen LogP contribution in [0.4, 0.5) is 0 Å². The van der Waals surface area contributed by atoms with Crippen molar-refractivity contribution in [1.82, 2.24) is 10.1 Å². The predicted octanol–water partition coefficient (Wildman–Crippen LogP) is 6.10. The second kappa shape index (κ2) is 9.97. The van der Waals surface area contributed by atoms with Crippen LogP contribution in [0.5, 0.6) is 11.6 Å². The van der Waals surface area contributed by atoms with Crippen LogP contribution in [0.25, 0.3) is 10.8 Å². The van der Waals surface area contributed by atoms with Crippen LogP contribution in [0.1, 0.15) is 62.6 Å². The standard InChI is InChI=1S/C37H34N2O6/c1-19-23-12-8-9-13-24(23)33(43-15-14-40)25-16-22-17-26-31(39(3)4)34-29(36(38-45-34)44-18-21-10-6-5-7-11-21)35(42)37(26)20(2)30(37)28(22)32(41)27(19)25/h5-14,20,22,26,31H,15-18H2,1-4H3. The fourth-order valence-electron chi connectivity index (χ4n) is 8.99. The minimum atomic E-state index is -0.807. The second-order valence-electron chi connectivity index (χ2n) is 13.1. The number of fused-ring (bicyclic) bond motifs is 4. The van der Waals surface area contributed by atoms with E-state index in [-0.39, 0.29) is 54.5 Å².